The molecule has 0 saturated heterocycles. The Balaban J connectivity index is 1.26. The Hall–Kier alpha value is -3.48. The minimum Gasteiger partial charge on any atom is -0.503 e. The number of aliphatic hydroxyl groups is 1. The highest BCUT2D eigenvalue weighted by atomic mass is 35.5. The molecule has 0 aliphatic carbocycles. The molecular weight excluding hydrogens is 487 g/mol. The summed E-state index contributed by atoms with van der Waals surface area (Å²) in [4.78, 5) is 26.5. The number of nitrogens with zero attached hydrogens (tertiary/aromatic N) is 1. The van der Waals surface area contributed by atoms with Gasteiger partial charge in [-0.15, -0.1) is 0 Å². The molecule has 0 bridgehead atoms. The second-order valence-electron chi connectivity index (χ2n) is 8.16. The van der Waals surface area contributed by atoms with Crippen LogP contribution in [0.2, 0.25) is 10.0 Å². The fourth-order valence-corrected chi connectivity index (χ4v) is 4.05. The third kappa shape index (κ3) is 6.35. The average Bonchev–Trinajstić information content (AvgIpc) is 3.14. The molecular formula is C27H24Cl2N2O4. The maximum Gasteiger partial charge on any atom is 0.289 e. The summed E-state index contributed by atoms with van der Waals surface area (Å²) < 4.78 is 5.78. The number of nitrogens with one attached hydrogen (secondary N) is 1. The lowest BCUT2D eigenvalue weighted by Gasteiger charge is -2.16. The number of hydrogen-bond donors (Lipinski definition) is 2. The molecule has 0 fully saturated rings. The van der Waals surface area contributed by atoms with Crippen molar-refractivity contribution in [3.05, 3.63) is 105 Å². The van der Waals surface area contributed by atoms with Gasteiger partial charge in [0.2, 0.25) is 0 Å². The van der Waals surface area contributed by atoms with Crippen LogP contribution in [0.4, 0.5) is 0 Å². The molecule has 0 atom stereocenters. The van der Waals surface area contributed by atoms with E-state index < -0.39 is 17.6 Å². The molecule has 0 saturated carbocycles. The summed E-state index contributed by atoms with van der Waals surface area (Å²) >= 11 is 12.0. The van der Waals surface area contributed by atoms with Crippen LogP contribution in [-0.4, -0.2) is 34.9 Å². The number of aliphatic hydroxyl groups excluding tert-OH is 1. The van der Waals surface area contributed by atoms with E-state index in [0.717, 1.165) is 16.9 Å². The first-order valence-electron chi connectivity index (χ1n) is 11.2. The van der Waals surface area contributed by atoms with E-state index in [0.29, 0.717) is 35.2 Å². The van der Waals surface area contributed by atoms with Gasteiger partial charge in [0, 0.05) is 13.1 Å². The van der Waals surface area contributed by atoms with Crippen molar-refractivity contribution in [1.29, 1.82) is 0 Å². The second kappa shape index (κ2) is 11.3. The summed E-state index contributed by atoms with van der Waals surface area (Å²) in [7, 11) is 0. The topological polar surface area (TPSA) is 78.9 Å². The maximum absolute atomic E-state index is 12.6. The lowest BCUT2D eigenvalue weighted by molar-refractivity contribution is -0.128. The zero-order chi connectivity index (χ0) is 24.8. The Kier molecular flexibility index (Phi) is 7.95. The number of hydrogen-bond acceptors (Lipinski definition) is 4. The van der Waals surface area contributed by atoms with Crippen LogP contribution in [0, 0.1) is 0 Å². The summed E-state index contributed by atoms with van der Waals surface area (Å²) in [5.41, 5.74) is 1.95. The van der Waals surface area contributed by atoms with Crippen LogP contribution in [0.25, 0.3) is 0 Å². The fourth-order valence-electron chi connectivity index (χ4n) is 3.73. The fraction of sp³-hybridized carbons (Fsp3) is 0.185. The molecule has 2 amide bonds. The van der Waals surface area contributed by atoms with Crippen LogP contribution >= 0.6 is 23.2 Å². The van der Waals surface area contributed by atoms with E-state index in [1.54, 1.807) is 12.1 Å². The second-order valence-corrected chi connectivity index (χ2v) is 8.97. The van der Waals surface area contributed by atoms with E-state index in [9.17, 15) is 14.7 Å². The van der Waals surface area contributed by atoms with Crippen molar-refractivity contribution in [2.45, 2.75) is 19.4 Å². The molecule has 1 aliphatic rings. The van der Waals surface area contributed by atoms with E-state index in [2.05, 4.69) is 5.32 Å². The van der Waals surface area contributed by atoms with Crippen LogP contribution in [0.1, 0.15) is 17.5 Å². The highest BCUT2D eigenvalue weighted by molar-refractivity contribution is 6.42. The molecule has 0 radical (unpaired) electrons. The first-order chi connectivity index (χ1) is 16.9. The molecule has 180 valence electrons. The summed E-state index contributed by atoms with van der Waals surface area (Å²) in [6, 6.07) is 22.2. The predicted octanol–water partition coefficient (Wildman–Crippen LogP) is 5.69. The van der Waals surface area contributed by atoms with E-state index in [1.165, 1.54) is 4.90 Å². The normalized spacial score (nSPS) is 13.3. The largest absolute Gasteiger partial charge is 0.503 e. The zero-order valence-electron chi connectivity index (χ0n) is 18.8. The molecule has 0 spiro atoms. The van der Waals surface area contributed by atoms with Crippen molar-refractivity contribution in [1.82, 2.24) is 10.2 Å². The van der Waals surface area contributed by atoms with E-state index in [1.807, 2.05) is 60.7 Å². The molecule has 3 aromatic rings. The van der Waals surface area contributed by atoms with Gasteiger partial charge >= 0.3 is 0 Å². The Morgan fingerprint density at radius 3 is 2.34 bits per heavy atom. The monoisotopic (exact) mass is 510 g/mol. The van der Waals surface area contributed by atoms with Crippen molar-refractivity contribution in [2.75, 3.05) is 13.1 Å². The summed E-state index contributed by atoms with van der Waals surface area (Å²) in [5, 5.41) is 14.0. The number of ether oxygens (including phenoxy) is 1. The summed E-state index contributed by atoms with van der Waals surface area (Å²) in [5.74, 6) is -0.100. The smallest absolute Gasteiger partial charge is 0.289 e. The molecule has 2 N–H and O–H groups in total. The number of rotatable bonds is 9. The number of carbonyl (C=O) groups is 2. The third-order valence-electron chi connectivity index (χ3n) is 5.59. The molecule has 0 aromatic heterocycles. The molecule has 8 heteroatoms. The average molecular weight is 511 g/mol. The highest BCUT2D eigenvalue weighted by Gasteiger charge is 2.33. The Labute approximate surface area is 213 Å². The molecule has 1 heterocycles. The van der Waals surface area contributed by atoms with E-state index in [-0.39, 0.29) is 18.7 Å². The standard InChI is InChI=1S/C27H24Cl2N2O4/c28-23-13-10-18(15-24(23)29)5-4-14-30-26(33)22-17-31(27(34)25(22)32)16-19-8-11-21(12-9-19)35-20-6-2-1-3-7-20/h1-3,6-13,15,32H,4-5,14,16-17H2,(H,30,33). The minimum absolute atomic E-state index is 0.0472. The number of benzene rings is 3. The first-order valence-corrected chi connectivity index (χ1v) is 11.9. The van der Waals surface area contributed by atoms with Crippen LogP contribution < -0.4 is 10.1 Å². The molecule has 6 nitrogen and oxygen atoms in total. The number of para-hydroxylation sites is 1. The number of halogens is 2. The van der Waals surface area contributed by atoms with Crippen LogP contribution in [0.3, 0.4) is 0 Å². The first kappa shape index (κ1) is 24.6. The SMILES string of the molecule is O=C(NCCCc1ccc(Cl)c(Cl)c1)C1=C(O)C(=O)N(Cc2ccc(Oc3ccccc3)cc2)C1. The van der Waals surface area contributed by atoms with E-state index in [4.69, 9.17) is 27.9 Å². The van der Waals surface area contributed by atoms with Crippen LogP contribution in [-0.2, 0) is 22.6 Å². The molecule has 0 unspecified atom stereocenters. The lowest BCUT2D eigenvalue weighted by atomic mass is 10.1. The number of amides is 2. The highest BCUT2D eigenvalue weighted by Crippen LogP contribution is 2.25. The van der Waals surface area contributed by atoms with Gasteiger partial charge < -0.3 is 20.1 Å². The third-order valence-corrected chi connectivity index (χ3v) is 6.33. The predicted molar refractivity (Wildman–Crippen MR) is 136 cm³/mol. The Bertz CT molecular complexity index is 1240. The van der Waals surface area contributed by atoms with Crippen molar-refractivity contribution in [2.24, 2.45) is 0 Å². The van der Waals surface area contributed by atoms with Gasteiger partial charge in [-0.1, -0.05) is 59.6 Å². The van der Waals surface area contributed by atoms with Gasteiger partial charge in [0.15, 0.2) is 5.76 Å². The van der Waals surface area contributed by atoms with Gasteiger partial charge in [0.05, 0.1) is 22.2 Å². The molecule has 35 heavy (non-hydrogen) atoms. The number of carbonyl (C=O) groups excluding carboxylic acids is 2. The Morgan fingerprint density at radius 1 is 0.943 bits per heavy atom. The summed E-state index contributed by atoms with van der Waals surface area (Å²) in [6.45, 7) is 0.709. The minimum atomic E-state index is -0.560. The lowest BCUT2D eigenvalue weighted by Crippen LogP contribution is -2.30. The van der Waals surface area contributed by atoms with E-state index >= 15 is 0 Å². The molecule has 1 aliphatic heterocycles. The van der Waals surface area contributed by atoms with Crippen LogP contribution in [0.15, 0.2) is 84.1 Å². The quantitative estimate of drug-likeness (QED) is 0.362. The van der Waals surface area contributed by atoms with Gasteiger partial charge in [-0.25, -0.2) is 0 Å². The van der Waals surface area contributed by atoms with Crippen molar-refractivity contribution in [3.8, 4) is 11.5 Å². The van der Waals surface area contributed by atoms with Crippen molar-refractivity contribution in [3.63, 3.8) is 0 Å². The molecule has 3 aromatic carbocycles. The van der Waals surface area contributed by atoms with Crippen LogP contribution in [0.5, 0.6) is 11.5 Å². The summed E-state index contributed by atoms with van der Waals surface area (Å²) in [6.07, 6.45) is 1.38. The van der Waals surface area contributed by atoms with Gasteiger partial charge in [0.25, 0.3) is 11.8 Å². The van der Waals surface area contributed by atoms with Crippen molar-refractivity contribution >= 4 is 35.0 Å². The van der Waals surface area contributed by atoms with Crippen molar-refractivity contribution < 1.29 is 19.4 Å². The zero-order valence-corrected chi connectivity index (χ0v) is 20.4. The van der Waals surface area contributed by atoms with Gasteiger partial charge in [-0.05, 0) is 60.4 Å². The van der Waals surface area contributed by atoms with Gasteiger partial charge in [-0.2, -0.15) is 0 Å². The number of aryl methyl sites for hydroxylation is 1. The van der Waals surface area contributed by atoms with Gasteiger partial charge in [0.1, 0.15) is 11.5 Å². The van der Waals surface area contributed by atoms with Gasteiger partial charge in [-0.3, -0.25) is 9.59 Å². The molecule has 4 rings (SSSR count). The Morgan fingerprint density at radius 2 is 1.63 bits per heavy atom. The maximum atomic E-state index is 12.6.